The number of aliphatic hydroxyl groups is 15. The van der Waals surface area contributed by atoms with Gasteiger partial charge in [-0.2, -0.15) is 0 Å². The second kappa shape index (κ2) is 23.5. The van der Waals surface area contributed by atoms with Gasteiger partial charge in [-0.3, -0.25) is 0 Å². The van der Waals surface area contributed by atoms with Gasteiger partial charge >= 0.3 is 0 Å². The van der Waals surface area contributed by atoms with E-state index < -0.39 is 178 Å². The van der Waals surface area contributed by atoms with Crippen LogP contribution in [0, 0.1) is 45.3 Å². The molecule has 77 heavy (non-hydrogen) atoms. The van der Waals surface area contributed by atoms with Crippen molar-refractivity contribution in [1.82, 2.24) is 0 Å². The molecule has 30 atom stereocenters. The van der Waals surface area contributed by atoms with Gasteiger partial charge in [0.15, 0.2) is 25.2 Å². The molecule has 4 saturated heterocycles. The van der Waals surface area contributed by atoms with Crippen molar-refractivity contribution >= 4 is 0 Å². The van der Waals surface area contributed by atoms with Crippen LogP contribution < -0.4 is 0 Å². The molecule has 8 aliphatic rings. The maximum atomic E-state index is 12.8. The molecule has 28 unspecified atom stereocenters. The second-order valence-corrected chi connectivity index (χ2v) is 25.7. The first-order valence-electron chi connectivity index (χ1n) is 27.9. The van der Waals surface area contributed by atoms with Crippen molar-refractivity contribution in [2.75, 3.05) is 26.4 Å². The maximum absolute atomic E-state index is 12.8. The van der Waals surface area contributed by atoms with Gasteiger partial charge in [0.05, 0.1) is 44.2 Å². The summed E-state index contributed by atoms with van der Waals surface area (Å²) in [6.45, 7) is 14.6. The molecule has 0 spiro atoms. The van der Waals surface area contributed by atoms with Crippen LogP contribution in [0.2, 0.25) is 0 Å². The first kappa shape index (κ1) is 61.9. The van der Waals surface area contributed by atoms with Gasteiger partial charge in [-0.15, -0.1) is 0 Å². The van der Waals surface area contributed by atoms with Crippen LogP contribution in [0.1, 0.15) is 113 Å². The largest absolute Gasteiger partial charge is 0.394 e. The van der Waals surface area contributed by atoms with Crippen molar-refractivity contribution in [2.24, 2.45) is 45.3 Å². The smallest absolute Gasteiger partial charge is 0.187 e. The van der Waals surface area contributed by atoms with E-state index in [0.29, 0.717) is 38.5 Å². The first-order valence-corrected chi connectivity index (χ1v) is 27.9. The summed E-state index contributed by atoms with van der Waals surface area (Å²) in [6, 6.07) is 0. The summed E-state index contributed by atoms with van der Waals surface area (Å²) in [5.74, 6) is -0.475. The molecule has 4 aliphatic carbocycles. The molecule has 15 N–H and O–H groups in total. The lowest BCUT2D eigenvalue weighted by Crippen LogP contribution is -2.68. The third kappa shape index (κ3) is 10.9. The van der Waals surface area contributed by atoms with E-state index in [9.17, 15) is 76.6 Å². The Morgan fingerprint density at radius 3 is 1.64 bits per heavy atom. The Kier molecular flexibility index (Phi) is 18.9. The minimum Gasteiger partial charge on any atom is -0.394 e. The topological polar surface area (TPSA) is 377 Å². The predicted molar refractivity (Wildman–Crippen MR) is 266 cm³/mol. The van der Waals surface area contributed by atoms with E-state index in [-0.39, 0.29) is 34.5 Å². The molecule has 4 aliphatic heterocycles. The zero-order valence-corrected chi connectivity index (χ0v) is 45.8. The van der Waals surface area contributed by atoms with Gasteiger partial charge in [-0.25, -0.2) is 0 Å². The Labute approximate surface area is 450 Å². The van der Waals surface area contributed by atoms with Crippen LogP contribution in [-0.4, -0.2) is 244 Å². The first-order chi connectivity index (χ1) is 36.0. The van der Waals surface area contributed by atoms with Gasteiger partial charge in [0.1, 0.15) is 97.7 Å². The number of allylic oxidation sites excluding steroid dienone is 2. The standard InChI is InChI=1S/C54H92O23/c1-23(2)10-9-14-54(8,77-48-44(69)40(65)37(62)29(74-48)22-70-46-42(67)38(63)34(59)26(19-55)71-46)24-11-16-53(7)33(24)25(58)18-31-51(5)15-13-32(50(3,4)30(51)12-17-52(31,53)6)75-49-45(41(66)36(61)28(21-57)73-49)76-47-43(68)39(64)35(60)27(20-56)72-47/h10,24-49,55-69H,9,11-22H2,1-8H3/t24?,25?,26?,27?,28?,29?,30?,31?,32?,33?,34?,35?,36?,37?,38?,39?,40?,41?,42?,43?,44?,45?,46?,47?,48?,49?,51?,52?,53-,54+/m1/s1. The van der Waals surface area contributed by atoms with Gasteiger partial charge in [0, 0.05) is 0 Å². The van der Waals surface area contributed by atoms with Crippen molar-refractivity contribution in [1.29, 1.82) is 0 Å². The van der Waals surface area contributed by atoms with Crippen LogP contribution in [-0.2, 0) is 37.9 Å². The van der Waals surface area contributed by atoms with Crippen LogP contribution in [0.25, 0.3) is 0 Å². The summed E-state index contributed by atoms with van der Waals surface area (Å²) in [5, 5.41) is 162. The molecular formula is C54H92O23. The molecule has 8 rings (SSSR count). The van der Waals surface area contributed by atoms with E-state index in [1.807, 2.05) is 20.8 Å². The highest BCUT2D eigenvalue weighted by atomic mass is 16.8. The molecule has 0 aromatic heterocycles. The van der Waals surface area contributed by atoms with Gasteiger partial charge in [-0.1, -0.05) is 46.3 Å². The Morgan fingerprint density at radius 2 is 1.05 bits per heavy atom. The van der Waals surface area contributed by atoms with Gasteiger partial charge in [0.25, 0.3) is 0 Å². The van der Waals surface area contributed by atoms with E-state index in [0.717, 1.165) is 24.8 Å². The van der Waals surface area contributed by atoms with Crippen molar-refractivity contribution in [2.45, 2.75) is 254 Å². The van der Waals surface area contributed by atoms with Crippen molar-refractivity contribution in [3.8, 4) is 0 Å². The molecule has 0 amide bonds. The third-order valence-corrected chi connectivity index (χ3v) is 20.9. The zero-order chi connectivity index (χ0) is 56.6. The van der Waals surface area contributed by atoms with E-state index in [2.05, 4.69) is 40.7 Å². The van der Waals surface area contributed by atoms with E-state index >= 15 is 0 Å². The fraction of sp³-hybridized carbons (Fsp3) is 0.963. The zero-order valence-electron chi connectivity index (χ0n) is 45.8. The van der Waals surface area contributed by atoms with Crippen LogP contribution in [0.3, 0.4) is 0 Å². The van der Waals surface area contributed by atoms with E-state index in [1.54, 1.807) is 0 Å². The van der Waals surface area contributed by atoms with Gasteiger partial charge in [-0.05, 0) is 124 Å². The van der Waals surface area contributed by atoms with Crippen molar-refractivity contribution in [3.63, 3.8) is 0 Å². The predicted octanol–water partition coefficient (Wildman–Crippen LogP) is -2.20. The van der Waals surface area contributed by atoms with Crippen LogP contribution in [0.15, 0.2) is 11.6 Å². The average molecular weight is 1110 g/mol. The fourth-order valence-electron chi connectivity index (χ4n) is 16.3. The number of hydrogen-bond acceptors (Lipinski definition) is 23. The lowest BCUT2D eigenvalue weighted by Gasteiger charge is -2.71. The summed E-state index contributed by atoms with van der Waals surface area (Å²) in [4.78, 5) is 0. The number of fused-ring (bicyclic) bond motifs is 5. The summed E-state index contributed by atoms with van der Waals surface area (Å²) in [5.41, 5.74) is -1.59. The molecule has 0 aromatic rings. The molecule has 23 nitrogen and oxygen atoms in total. The summed E-state index contributed by atoms with van der Waals surface area (Å²) < 4.78 is 48.9. The number of hydrogen-bond donors (Lipinski definition) is 15. The molecule has 0 radical (unpaired) electrons. The van der Waals surface area contributed by atoms with E-state index in [4.69, 9.17) is 37.9 Å². The normalized spacial score (nSPS) is 52.7. The lowest BCUT2D eigenvalue weighted by molar-refractivity contribution is -0.378. The van der Waals surface area contributed by atoms with Crippen LogP contribution in [0.4, 0.5) is 0 Å². The summed E-state index contributed by atoms with van der Waals surface area (Å²) in [6.07, 6.45) is -25.2. The Morgan fingerprint density at radius 1 is 0.545 bits per heavy atom. The monoisotopic (exact) mass is 1110 g/mol. The molecule has 446 valence electrons. The van der Waals surface area contributed by atoms with E-state index in [1.165, 1.54) is 0 Å². The van der Waals surface area contributed by atoms with Crippen LogP contribution >= 0.6 is 0 Å². The number of rotatable bonds is 16. The van der Waals surface area contributed by atoms with Gasteiger partial charge in [0.2, 0.25) is 0 Å². The molecule has 8 fully saturated rings. The highest BCUT2D eigenvalue weighted by Gasteiger charge is 2.72. The maximum Gasteiger partial charge on any atom is 0.187 e. The Bertz CT molecular complexity index is 1990. The molecule has 23 heteroatoms. The van der Waals surface area contributed by atoms with Crippen LogP contribution in [0.5, 0.6) is 0 Å². The average Bonchev–Trinajstić information content (AvgIpc) is 3.96. The van der Waals surface area contributed by atoms with Gasteiger partial charge < -0.3 is 114 Å². The fourth-order valence-corrected chi connectivity index (χ4v) is 16.3. The SMILES string of the molecule is CC(C)=CCC[C@](C)(OC1OC(COC2OC(CO)C(O)C(O)C2O)C(O)C(O)C1O)C1CC[C@]2(C)C1C(O)CC1C3(C)CCC(OC4OC(CO)C(O)C(O)C4OC4OC(CO)C(O)C(O)C4O)C(C)(C)C3CCC12C. The highest BCUT2D eigenvalue weighted by Crippen LogP contribution is 2.76. The highest BCUT2D eigenvalue weighted by molar-refractivity contribution is 5.20. The molecule has 0 aromatic carbocycles. The quantitative estimate of drug-likeness (QED) is 0.0576. The Balaban J connectivity index is 1.01. The molecule has 4 heterocycles. The summed E-state index contributed by atoms with van der Waals surface area (Å²) in [7, 11) is 0. The minimum atomic E-state index is -1.82. The minimum absolute atomic E-state index is 0.0374. The Hall–Kier alpha value is -1.18. The number of ether oxygens (including phenoxy) is 8. The molecule has 4 saturated carbocycles. The van der Waals surface area contributed by atoms with Crippen molar-refractivity contribution < 1.29 is 114 Å². The lowest BCUT2D eigenvalue weighted by atomic mass is 9.35. The molecule has 0 bridgehead atoms. The second-order valence-electron chi connectivity index (χ2n) is 25.7. The third-order valence-electron chi connectivity index (χ3n) is 20.9. The molecular weight excluding hydrogens is 1020 g/mol. The van der Waals surface area contributed by atoms with Crippen molar-refractivity contribution in [3.05, 3.63) is 11.6 Å². The number of aliphatic hydroxyl groups excluding tert-OH is 15. The summed E-state index contributed by atoms with van der Waals surface area (Å²) >= 11 is 0.